The number of thiazole rings is 1. The molecular formula is C16H13FN2OS. The first-order valence-corrected chi connectivity index (χ1v) is 7.32. The van der Waals surface area contributed by atoms with Gasteiger partial charge in [-0.15, -0.1) is 11.3 Å². The lowest BCUT2D eigenvalue weighted by Crippen LogP contribution is -1.99. The molecule has 106 valence electrons. The monoisotopic (exact) mass is 300 g/mol. The van der Waals surface area contributed by atoms with Crippen molar-refractivity contribution in [2.45, 2.75) is 12.5 Å². The Morgan fingerprint density at radius 3 is 2.52 bits per heavy atom. The van der Waals surface area contributed by atoms with Gasteiger partial charge in [-0.05, 0) is 42.0 Å². The summed E-state index contributed by atoms with van der Waals surface area (Å²) in [6.45, 7) is 0. The molecule has 2 heterocycles. The number of hydrogen-bond donors (Lipinski definition) is 1. The van der Waals surface area contributed by atoms with Gasteiger partial charge >= 0.3 is 0 Å². The van der Waals surface area contributed by atoms with E-state index >= 15 is 0 Å². The standard InChI is InChI=1S/C16H13FN2OS/c17-13-3-1-12(2-4-13)16-19-10-15(21-16)14(20)9-11-5-7-18-8-6-11/h1-8,10,14,20H,9H2. The van der Waals surface area contributed by atoms with E-state index in [9.17, 15) is 9.50 Å². The minimum absolute atomic E-state index is 0.270. The average Bonchev–Trinajstić information content (AvgIpc) is 2.99. The minimum Gasteiger partial charge on any atom is -0.387 e. The Morgan fingerprint density at radius 1 is 1.10 bits per heavy atom. The largest absolute Gasteiger partial charge is 0.387 e. The van der Waals surface area contributed by atoms with Crippen LogP contribution in [0.15, 0.2) is 55.0 Å². The fourth-order valence-electron chi connectivity index (χ4n) is 2.01. The third-order valence-corrected chi connectivity index (χ3v) is 4.27. The van der Waals surface area contributed by atoms with E-state index in [-0.39, 0.29) is 5.82 Å². The fourth-order valence-corrected chi connectivity index (χ4v) is 2.92. The van der Waals surface area contributed by atoms with Gasteiger partial charge in [-0.3, -0.25) is 4.98 Å². The molecule has 0 saturated heterocycles. The molecule has 3 aromatic rings. The van der Waals surface area contributed by atoms with Gasteiger partial charge in [0.05, 0.1) is 11.0 Å². The molecule has 0 aliphatic carbocycles. The first-order chi connectivity index (χ1) is 10.2. The van der Waals surface area contributed by atoms with E-state index < -0.39 is 6.10 Å². The molecule has 21 heavy (non-hydrogen) atoms. The number of hydrogen-bond acceptors (Lipinski definition) is 4. The molecule has 0 aliphatic heterocycles. The van der Waals surface area contributed by atoms with Crippen molar-refractivity contribution in [2.75, 3.05) is 0 Å². The maximum atomic E-state index is 12.9. The van der Waals surface area contributed by atoms with Crippen LogP contribution < -0.4 is 0 Å². The van der Waals surface area contributed by atoms with Gasteiger partial charge in [-0.25, -0.2) is 9.37 Å². The number of benzene rings is 1. The zero-order valence-corrected chi connectivity index (χ0v) is 11.9. The molecule has 3 nitrogen and oxygen atoms in total. The molecular weight excluding hydrogens is 287 g/mol. The Bertz CT molecular complexity index is 713. The van der Waals surface area contributed by atoms with Crippen LogP contribution >= 0.6 is 11.3 Å². The number of halogens is 1. The Morgan fingerprint density at radius 2 is 1.81 bits per heavy atom. The number of nitrogens with zero attached hydrogens (tertiary/aromatic N) is 2. The van der Waals surface area contributed by atoms with Crippen LogP contribution in [0.3, 0.4) is 0 Å². The summed E-state index contributed by atoms with van der Waals surface area (Å²) in [6, 6.07) is 9.95. The lowest BCUT2D eigenvalue weighted by molar-refractivity contribution is 0.182. The SMILES string of the molecule is OC(Cc1ccncc1)c1cnc(-c2ccc(F)cc2)s1. The smallest absolute Gasteiger partial charge is 0.123 e. The number of rotatable bonds is 4. The van der Waals surface area contributed by atoms with Crippen molar-refractivity contribution in [1.29, 1.82) is 0 Å². The van der Waals surface area contributed by atoms with Crippen LogP contribution in [-0.4, -0.2) is 15.1 Å². The highest BCUT2D eigenvalue weighted by Gasteiger charge is 2.13. The number of aliphatic hydroxyl groups excluding tert-OH is 1. The van der Waals surface area contributed by atoms with Crippen molar-refractivity contribution >= 4 is 11.3 Å². The van der Waals surface area contributed by atoms with E-state index in [0.717, 1.165) is 21.0 Å². The Balaban J connectivity index is 1.76. The van der Waals surface area contributed by atoms with Crippen LogP contribution in [-0.2, 0) is 6.42 Å². The molecule has 0 spiro atoms. The fraction of sp³-hybridized carbons (Fsp3) is 0.125. The molecule has 5 heteroatoms. The third kappa shape index (κ3) is 3.32. The zero-order chi connectivity index (χ0) is 14.7. The summed E-state index contributed by atoms with van der Waals surface area (Å²) in [6.07, 6.45) is 5.01. The number of pyridine rings is 1. The second-order valence-electron chi connectivity index (χ2n) is 4.65. The second-order valence-corrected chi connectivity index (χ2v) is 5.71. The lowest BCUT2D eigenvalue weighted by atomic mass is 10.1. The van der Waals surface area contributed by atoms with E-state index in [4.69, 9.17) is 0 Å². The van der Waals surface area contributed by atoms with Gasteiger partial charge in [0.2, 0.25) is 0 Å². The first kappa shape index (κ1) is 13.9. The molecule has 3 rings (SSSR count). The highest BCUT2D eigenvalue weighted by Crippen LogP contribution is 2.30. The number of aliphatic hydroxyl groups is 1. The third-order valence-electron chi connectivity index (χ3n) is 3.12. The predicted octanol–water partition coefficient (Wildman–Crippen LogP) is 3.62. The van der Waals surface area contributed by atoms with Crippen LogP contribution in [0.25, 0.3) is 10.6 Å². The van der Waals surface area contributed by atoms with Crippen LogP contribution in [0.2, 0.25) is 0 Å². The summed E-state index contributed by atoms with van der Waals surface area (Å²) in [5.41, 5.74) is 1.87. The highest BCUT2D eigenvalue weighted by atomic mass is 32.1. The van der Waals surface area contributed by atoms with Gasteiger partial charge in [0, 0.05) is 30.6 Å². The Labute approximate surface area is 125 Å². The van der Waals surface area contributed by atoms with Crippen LogP contribution in [0, 0.1) is 5.82 Å². The van der Waals surface area contributed by atoms with E-state index in [1.54, 1.807) is 30.7 Å². The van der Waals surface area contributed by atoms with Crippen molar-refractivity contribution in [3.8, 4) is 10.6 Å². The zero-order valence-electron chi connectivity index (χ0n) is 11.1. The topological polar surface area (TPSA) is 46.0 Å². The average molecular weight is 300 g/mol. The van der Waals surface area contributed by atoms with E-state index in [1.165, 1.54) is 23.5 Å². The molecule has 1 N–H and O–H groups in total. The summed E-state index contributed by atoms with van der Waals surface area (Å²) < 4.78 is 12.9. The summed E-state index contributed by atoms with van der Waals surface area (Å²) in [5, 5.41) is 11.0. The van der Waals surface area contributed by atoms with Gasteiger partial charge in [0.25, 0.3) is 0 Å². The Hall–Kier alpha value is -2.11. The molecule has 0 fully saturated rings. The second kappa shape index (κ2) is 6.11. The van der Waals surface area contributed by atoms with E-state index in [1.807, 2.05) is 12.1 Å². The van der Waals surface area contributed by atoms with Crippen molar-refractivity contribution in [3.05, 3.63) is 71.2 Å². The predicted molar refractivity (Wildman–Crippen MR) is 80.4 cm³/mol. The van der Waals surface area contributed by atoms with Gasteiger partial charge in [0.15, 0.2) is 0 Å². The molecule has 0 radical (unpaired) electrons. The minimum atomic E-state index is -0.598. The summed E-state index contributed by atoms with van der Waals surface area (Å²) in [7, 11) is 0. The molecule has 2 aromatic heterocycles. The van der Waals surface area contributed by atoms with Crippen LogP contribution in [0.4, 0.5) is 4.39 Å². The maximum Gasteiger partial charge on any atom is 0.123 e. The molecule has 1 atom stereocenters. The number of aromatic nitrogens is 2. The lowest BCUT2D eigenvalue weighted by Gasteiger charge is -2.07. The summed E-state index contributed by atoms with van der Waals surface area (Å²) >= 11 is 1.42. The van der Waals surface area contributed by atoms with Gasteiger partial charge < -0.3 is 5.11 Å². The summed E-state index contributed by atoms with van der Waals surface area (Å²) in [4.78, 5) is 9.05. The molecule has 0 bridgehead atoms. The highest BCUT2D eigenvalue weighted by molar-refractivity contribution is 7.15. The van der Waals surface area contributed by atoms with Crippen LogP contribution in [0.1, 0.15) is 16.5 Å². The molecule has 0 saturated carbocycles. The van der Waals surface area contributed by atoms with Crippen molar-refractivity contribution in [1.82, 2.24) is 9.97 Å². The first-order valence-electron chi connectivity index (χ1n) is 6.51. The van der Waals surface area contributed by atoms with Gasteiger partial charge in [0.1, 0.15) is 10.8 Å². The summed E-state index contributed by atoms with van der Waals surface area (Å²) in [5.74, 6) is -0.270. The molecule has 1 unspecified atom stereocenters. The molecule has 0 aliphatic rings. The van der Waals surface area contributed by atoms with E-state index in [0.29, 0.717) is 6.42 Å². The van der Waals surface area contributed by atoms with Gasteiger partial charge in [-0.2, -0.15) is 0 Å². The van der Waals surface area contributed by atoms with Crippen molar-refractivity contribution in [3.63, 3.8) is 0 Å². The normalized spacial score (nSPS) is 12.3. The van der Waals surface area contributed by atoms with E-state index in [2.05, 4.69) is 9.97 Å². The van der Waals surface area contributed by atoms with Crippen molar-refractivity contribution < 1.29 is 9.50 Å². The van der Waals surface area contributed by atoms with Crippen molar-refractivity contribution in [2.24, 2.45) is 0 Å². The van der Waals surface area contributed by atoms with Gasteiger partial charge in [-0.1, -0.05) is 0 Å². The maximum absolute atomic E-state index is 12.9. The van der Waals surface area contributed by atoms with Crippen LogP contribution in [0.5, 0.6) is 0 Å². The molecule has 1 aromatic carbocycles. The Kier molecular flexibility index (Phi) is 4.03. The quantitative estimate of drug-likeness (QED) is 0.800. The molecule has 0 amide bonds.